The topological polar surface area (TPSA) is 88.3 Å². The molecule has 1 aromatic heterocycles. The van der Waals surface area contributed by atoms with E-state index in [1.807, 2.05) is 0 Å². The molecular weight excluding hydrogens is 228 g/mol. The van der Waals surface area contributed by atoms with Gasteiger partial charge in [-0.15, -0.1) is 11.3 Å². The first kappa shape index (κ1) is 10.9. The number of hydrogen-bond acceptors (Lipinski definition) is 4. The van der Waals surface area contributed by atoms with E-state index in [9.17, 15) is 9.59 Å². The molecular formula is C9H12N4O2S. The van der Waals surface area contributed by atoms with Crippen LogP contribution in [0.5, 0.6) is 0 Å². The molecule has 1 fully saturated rings. The van der Waals surface area contributed by atoms with Crippen molar-refractivity contribution in [1.82, 2.24) is 9.88 Å². The highest BCUT2D eigenvalue weighted by atomic mass is 32.1. The number of anilines is 1. The number of likely N-dealkylation sites (tertiary alicyclic amines) is 1. The van der Waals surface area contributed by atoms with E-state index in [1.165, 1.54) is 16.2 Å². The number of carbonyl (C=O) groups is 2. The maximum atomic E-state index is 11.8. The molecule has 7 heteroatoms. The fraction of sp³-hybridized carbons (Fsp3) is 0.444. The summed E-state index contributed by atoms with van der Waals surface area (Å²) >= 11 is 1.33. The Balaban J connectivity index is 2.01. The molecule has 3 amide bonds. The quantitative estimate of drug-likeness (QED) is 0.794. The van der Waals surface area contributed by atoms with E-state index in [0.29, 0.717) is 18.1 Å². The molecule has 1 atom stereocenters. The van der Waals surface area contributed by atoms with E-state index in [1.54, 1.807) is 11.6 Å². The number of rotatable bonds is 2. The van der Waals surface area contributed by atoms with E-state index >= 15 is 0 Å². The molecule has 86 valence electrons. The van der Waals surface area contributed by atoms with E-state index in [-0.39, 0.29) is 6.03 Å². The van der Waals surface area contributed by atoms with Gasteiger partial charge in [0, 0.05) is 18.1 Å². The lowest BCUT2D eigenvalue weighted by Gasteiger charge is -2.21. The van der Waals surface area contributed by atoms with Crippen molar-refractivity contribution in [3.63, 3.8) is 0 Å². The smallest absolute Gasteiger partial charge is 0.324 e. The SMILES string of the molecule is NC(=O)[C@@H]1CCCN1C(=O)Nc1nccs1. The fourth-order valence-corrected chi connectivity index (χ4v) is 2.27. The fourth-order valence-electron chi connectivity index (χ4n) is 1.75. The number of urea groups is 1. The van der Waals surface area contributed by atoms with Crippen LogP contribution in [0.15, 0.2) is 11.6 Å². The van der Waals surface area contributed by atoms with Crippen LogP contribution in [0.1, 0.15) is 12.8 Å². The van der Waals surface area contributed by atoms with Crippen molar-refractivity contribution in [2.45, 2.75) is 18.9 Å². The van der Waals surface area contributed by atoms with Crippen molar-refractivity contribution < 1.29 is 9.59 Å². The van der Waals surface area contributed by atoms with Crippen LogP contribution in [0.3, 0.4) is 0 Å². The lowest BCUT2D eigenvalue weighted by atomic mass is 10.2. The van der Waals surface area contributed by atoms with Crippen LogP contribution < -0.4 is 11.1 Å². The lowest BCUT2D eigenvalue weighted by molar-refractivity contribution is -0.121. The Hall–Kier alpha value is -1.63. The molecule has 16 heavy (non-hydrogen) atoms. The van der Waals surface area contributed by atoms with Gasteiger partial charge in [-0.3, -0.25) is 10.1 Å². The molecule has 1 saturated heterocycles. The minimum Gasteiger partial charge on any atom is -0.368 e. The lowest BCUT2D eigenvalue weighted by Crippen LogP contribution is -2.45. The van der Waals surface area contributed by atoms with Gasteiger partial charge in [0.2, 0.25) is 5.91 Å². The highest BCUT2D eigenvalue weighted by molar-refractivity contribution is 7.13. The van der Waals surface area contributed by atoms with Gasteiger partial charge in [-0.25, -0.2) is 9.78 Å². The first-order chi connectivity index (χ1) is 7.68. The summed E-state index contributed by atoms with van der Waals surface area (Å²) in [6.45, 7) is 0.560. The summed E-state index contributed by atoms with van der Waals surface area (Å²) in [5.41, 5.74) is 5.23. The summed E-state index contributed by atoms with van der Waals surface area (Å²) in [5.74, 6) is -0.452. The van der Waals surface area contributed by atoms with Gasteiger partial charge in [0.25, 0.3) is 0 Å². The van der Waals surface area contributed by atoms with E-state index in [0.717, 1.165) is 6.42 Å². The molecule has 0 spiro atoms. The van der Waals surface area contributed by atoms with Crippen LogP contribution in [-0.4, -0.2) is 34.4 Å². The van der Waals surface area contributed by atoms with Crippen LogP contribution in [0.25, 0.3) is 0 Å². The maximum Gasteiger partial charge on any atom is 0.324 e. The predicted octanol–water partition coefficient (Wildman–Crippen LogP) is 0.625. The number of aromatic nitrogens is 1. The van der Waals surface area contributed by atoms with E-state index in [2.05, 4.69) is 10.3 Å². The molecule has 2 heterocycles. The average molecular weight is 240 g/mol. The summed E-state index contributed by atoms with van der Waals surface area (Å²) in [6, 6.07) is -0.795. The molecule has 0 aromatic carbocycles. The number of amides is 3. The van der Waals surface area contributed by atoms with Crippen LogP contribution in [0.4, 0.5) is 9.93 Å². The summed E-state index contributed by atoms with van der Waals surface area (Å²) in [6.07, 6.45) is 3.05. The predicted molar refractivity (Wildman–Crippen MR) is 60.1 cm³/mol. The molecule has 0 saturated carbocycles. The molecule has 1 aliphatic rings. The normalized spacial score (nSPS) is 19.8. The maximum absolute atomic E-state index is 11.8. The van der Waals surface area contributed by atoms with Crippen LogP contribution >= 0.6 is 11.3 Å². The Kier molecular flexibility index (Phi) is 3.04. The Bertz CT molecular complexity index is 392. The standard InChI is InChI=1S/C9H12N4O2S/c10-7(14)6-2-1-4-13(6)9(15)12-8-11-3-5-16-8/h3,5-6H,1-2,4H2,(H2,10,14)(H,11,12,15)/t6-/m0/s1. The highest BCUT2D eigenvalue weighted by Crippen LogP contribution is 2.19. The molecule has 2 rings (SSSR count). The van der Waals surface area contributed by atoms with Crippen LogP contribution in [-0.2, 0) is 4.79 Å². The van der Waals surface area contributed by atoms with Crippen LogP contribution in [0, 0.1) is 0 Å². The van der Waals surface area contributed by atoms with Gasteiger partial charge >= 0.3 is 6.03 Å². The van der Waals surface area contributed by atoms with Gasteiger partial charge < -0.3 is 10.6 Å². The number of nitrogens with two attached hydrogens (primary N) is 1. The van der Waals surface area contributed by atoms with Crippen molar-refractivity contribution in [3.8, 4) is 0 Å². The van der Waals surface area contributed by atoms with Crippen molar-refractivity contribution in [2.24, 2.45) is 5.73 Å². The Morgan fingerprint density at radius 1 is 1.62 bits per heavy atom. The molecule has 1 aliphatic heterocycles. The second-order valence-corrected chi connectivity index (χ2v) is 4.42. The number of primary amides is 1. The van der Waals surface area contributed by atoms with Gasteiger partial charge in [0.15, 0.2) is 5.13 Å². The van der Waals surface area contributed by atoms with Crippen molar-refractivity contribution in [2.75, 3.05) is 11.9 Å². The summed E-state index contributed by atoms with van der Waals surface area (Å²) in [5, 5.41) is 4.93. The van der Waals surface area contributed by atoms with Crippen molar-refractivity contribution in [3.05, 3.63) is 11.6 Å². The van der Waals surface area contributed by atoms with Gasteiger partial charge in [0.05, 0.1) is 0 Å². The van der Waals surface area contributed by atoms with E-state index < -0.39 is 11.9 Å². The molecule has 0 aliphatic carbocycles. The Labute approximate surface area is 96.4 Å². The van der Waals surface area contributed by atoms with Crippen molar-refractivity contribution in [1.29, 1.82) is 0 Å². The third-order valence-corrected chi connectivity index (χ3v) is 3.18. The summed E-state index contributed by atoms with van der Waals surface area (Å²) in [7, 11) is 0. The summed E-state index contributed by atoms with van der Waals surface area (Å²) in [4.78, 5) is 28.3. The average Bonchev–Trinajstić information content (AvgIpc) is 2.86. The molecule has 6 nitrogen and oxygen atoms in total. The zero-order chi connectivity index (χ0) is 11.5. The second kappa shape index (κ2) is 4.48. The Morgan fingerprint density at radius 3 is 3.06 bits per heavy atom. The zero-order valence-electron chi connectivity index (χ0n) is 8.55. The minimum absolute atomic E-state index is 0.309. The third-order valence-electron chi connectivity index (χ3n) is 2.49. The van der Waals surface area contributed by atoms with Gasteiger partial charge in [-0.05, 0) is 12.8 Å². The van der Waals surface area contributed by atoms with Gasteiger partial charge in [0.1, 0.15) is 6.04 Å². The van der Waals surface area contributed by atoms with Crippen molar-refractivity contribution >= 4 is 28.4 Å². The Morgan fingerprint density at radius 2 is 2.44 bits per heavy atom. The van der Waals surface area contributed by atoms with E-state index in [4.69, 9.17) is 5.73 Å². The molecule has 1 aromatic rings. The molecule has 0 radical (unpaired) electrons. The molecule has 3 N–H and O–H groups in total. The molecule has 0 unspecified atom stereocenters. The first-order valence-electron chi connectivity index (χ1n) is 4.95. The number of hydrogen-bond donors (Lipinski definition) is 2. The monoisotopic (exact) mass is 240 g/mol. The summed E-state index contributed by atoms with van der Waals surface area (Å²) < 4.78 is 0. The number of nitrogens with one attached hydrogen (secondary N) is 1. The number of carbonyl (C=O) groups excluding carboxylic acids is 2. The van der Waals surface area contributed by atoms with Crippen LogP contribution in [0.2, 0.25) is 0 Å². The zero-order valence-corrected chi connectivity index (χ0v) is 9.37. The second-order valence-electron chi connectivity index (χ2n) is 3.52. The van der Waals surface area contributed by atoms with Gasteiger partial charge in [-0.2, -0.15) is 0 Å². The third kappa shape index (κ3) is 2.13. The minimum atomic E-state index is -0.486. The number of thiazole rings is 1. The highest BCUT2D eigenvalue weighted by Gasteiger charge is 2.32. The first-order valence-corrected chi connectivity index (χ1v) is 5.83. The largest absolute Gasteiger partial charge is 0.368 e. The number of nitrogens with zero attached hydrogens (tertiary/aromatic N) is 2. The molecule has 0 bridgehead atoms. The van der Waals surface area contributed by atoms with Gasteiger partial charge in [-0.1, -0.05) is 0 Å².